The molecule has 6 aromatic rings. The van der Waals surface area contributed by atoms with Crippen LogP contribution in [0.5, 0.6) is 0 Å². The molecule has 0 amide bonds. The van der Waals surface area contributed by atoms with Crippen LogP contribution in [0.25, 0.3) is 56.0 Å². The summed E-state index contributed by atoms with van der Waals surface area (Å²) in [4.78, 5) is 28.7. The van der Waals surface area contributed by atoms with Crippen LogP contribution in [0.1, 0.15) is 18.4 Å². The molecule has 9 nitrogen and oxygen atoms in total. The van der Waals surface area contributed by atoms with Crippen molar-refractivity contribution < 1.29 is 0 Å². The van der Waals surface area contributed by atoms with Crippen molar-refractivity contribution in [3.8, 4) is 34.0 Å². The Hall–Kier alpha value is -4.50. The molecule has 0 aliphatic carbocycles. The van der Waals surface area contributed by atoms with Crippen molar-refractivity contribution in [1.82, 2.24) is 45.0 Å². The molecule has 36 heavy (non-hydrogen) atoms. The topological polar surface area (TPSA) is 112 Å². The fourth-order valence-electron chi connectivity index (χ4n) is 4.93. The SMILES string of the molecule is c1cncc(-c2nccc3[nH]c(-c4n[nH]c5cnc(-c6cncc(CN7CCCC7)c6)cc45)nc23)c1. The summed E-state index contributed by atoms with van der Waals surface area (Å²) < 4.78 is 0. The van der Waals surface area contributed by atoms with Crippen LogP contribution in [0.3, 0.4) is 0 Å². The predicted molar refractivity (Wildman–Crippen MR) is 138 cm³/mol. The van der Waals surface area contributed by atoms with E-state index in [9.17, 15) is 0 Å². The number of imidazole rings is 1. The third-order valence-electron chi connectivity index (χ3n) is 6.70. The average molecular weight is 474 g/mol. The number of fused-ring (bicyclic) bond motifs is 2. The van der Waals surface area contributed by atoms with Gasteiger partial charge in [0.25, 0.3) is 0 Å². The van der Waals surface area contributed by atoms with Gasteiger partial charge in [0.15, 0.2) is 5.82 Å². The predicted octanol–water partition coefficient (Wildman–Crippen LogP) is 4.62. The molecule has 1 aliphatic rings. The molecule has 0 saturated carbocycles. The van der Waals surface area contributed by atoms with E-state index in [1.807, 2.05) is 36.8 Å². The van der Waals surface area contributed by atoms with E-state index in [4.69, 9.17) is 4.98 Å². The van der Waals surface area contributed by atoms with Crippen molar-refractivity contribution in [2.24, 2.45) is 0 Å². The van der Waals surface area contributed by atoms with E-state index in [1.165, 1.54) is 18.4 Å². The van der Waals surface area contributed by atoms with Crippen LogP contribution in [0, 0.1) is 0 Å². The minimum atomic E-state index is 0.674. The average Bonchev–Trinajstić information content (AvgIpc) is 3.68. The van der Waals surface area contributed by atoms with Gasteiger partial charge in [0.2, 0.25) is 0 Å². The first-order valence-corrected chi connectivity index (χ1v) is 12.1. The summed E-state index contributed by atoms with van der Waals surface area (Å²) in [7, 11) is 0. The number of H-pyrrole nitrogens is 2. The number of rotatable bonds is 5. The number of pyridine rings is 4. The van der Waals surface area contributed by atoms with Gasteiger partial charge in [-0.1, -0.05) is 0 Å². The molecule has 176 valence electrons. The van der Waals surface area contributed by atoms with Crippen LogP contribution in [0.15, 0.2) is 67.5 Å². The van der Waals surface area contributed by atoms with Gasteiger partial charge in [-0.15, -0.1) is 0 Å². The van der Waals surface area contributed by atoms with Gasteiger partial charge in [0.05, 0.1) is 28.6 Å². The van der Waals surface area contributed by atoms with Crippen LogP contribution in [0.2, 0.25) is 0 Å². The smallest absolute Gasteiger partial charge is 0.159 e. The maximum absolute atomic E-state index is 4.89. The van der Waals surface area contributed by atoms with E-state index >= 15 is 0 Å². The fourth-order valence-corrected chi connectivity index (χ4v) is 4.93. The standard InChI is InChI=1S/C27H23N9/c1-2-9-36(8-1)16-17-10-19(14-29-12-17)22-11-20-23(15-31-22)34-35-25(20)27-32-21-5-7-30-24(26(21)33-27)18-4-3-6-28-13-18/h3-7,10-15H,1-2,8-9,16H2,(H,32,33)(H,34,35). The number of nitrogens with zero attached hydrogens (tertiary/aromatic N) is 7. The first kappa shape index (κ1) is 20.8. The van der Waals surface area contributed by atoms with Crippen molar-refractivity contribution in [3.63, 3.8) is 0 Å². The minimum absolute atomic E-state index is 0.674. The van der Waals surface area contributed by atoms with E-state index in [-0.39, 0.29) is 0 Å². The molecule has 1 aliphatic heterocycles. The van der Waals surface area contributed by atoms with Crippen LogP contribution < -0.4 is 0 Å². The molecule has 0 bridgehead atoms. The molecule has 0 spiro atoms. The summed E-state index contributed by atoms with van der Waals surface area (Å²) in [5, 5.41) is 8.61. The molecule has 6 aromatic heterocycles. The highest BCUT2D eigenvalue weighted by Crippen LogP contribution is 2.31. The normalized spacial score (nSPS) is 14.2. The van der Waals surface area contributed by atoms with Crippen molar-refractivity contribution in [2.45, 2.75) is 19.4 Å². The number of likely N-dealkylation sites (tertiary alicyclic amines) is 1. The summed E-state index contributed by atoms with van der Waals surface area (Å²) >= 11 is 0. The van der Waals surface area contributed by atoms with Crippen LogP contribution >= 0.6 is 0 Å². The van der Waals surface area contributed by atoms with E-state index in [0.717, 1.165) is 69.8 Å². The summed E-state index contributed by atoms with van der Waals surface area (Å²) in [5.41, 5.74) is 8.02. The molecular formula is C27H23N9. The largest absolute Gasteiger partial charge is 0.336 e. The van der Waals surface area contributed by atoms with Crippen LogP contribution in [-0.2, 0) is 6.54 Å². The molecule has 9 heteroatoms. The van der Waals surface area contributed by atoms with E-state index in [1.54, 1.807) is 18.6 Å². The summed E-state index contributed by atoms with van der Waals surface area (Å²) in [6.45, 7) is 3.23. The number of aromatic nitrogens is 8. The third kappa shape index (κ3) is 3.70. The van der Waals surface area contributed by atoms with Crippen molar-refractivity contribution in [3.05, 3.63) is 73.1 Å². The lowest BCUT2D eigenvalue weighted by atomic mass is 10.1. The Morgan fingerprint density at radius 1 is 0.833 bits per heavy atom. The zero-order valence-electron chi connectivity index (χ0n) is 19.5. The first-order chi connectivity index (χ1) is 17.8. The van der Waals surface area contributed by atoms with Crippen molar-refractivity contribution >= 4 is 21.9 Å². The minimum Gasteiger partial charge on any atom is -0.336 e. The molecule has 0 unspecified atom stereocenters. The Balaban J connectivity index is 1.28. The second-order valence-electron chi connectivity index (χ2n) is 9.14. The van der Waals surface area contributed by atoms with E-state index in [0.29, 0.717) is 5.82 Å². The Morgan fingerprint density at radius 3 is 2.64 bits per heavy atom. The Bertz CT molecular complexity index is 1680. The zero-order chi connectivity index (χ0) is 23.9. The summed E-state index contributed by atoms with van der Waals surface area (Å²) in [6.07, 6.45) is 13.5. The van der Waals surface area contributed by atoms with Gasteiger partial charge in [-0.05, 0) is 61.8 Å². The van der Waals surface area contributed by atoms with Gasteiger partial charge in [-0.2, -0.15) is 5.10 Å². The lowest BCUT2D eigenvalue weighted by Gasteiger charge is -2.14. The number of hydrogen-bond acceptors (Lipinski definition) is 7. The number of hydrogen-bond donors (Lipinski definition) is 2. The fraction of sp³-hybridized carbons (Fsp3) is 0.185. The van der Waals surface area contributed by atoms with Gasteiger partial charge in [0, 0.05) is 54.0 Å². The quantitative estimate of drug-likeness (QED) is 0.376. The summed E-state index contributed by atoms with van der Waals surface area (Å²) in [6, 6.07) is 10.0. The van der Waals surface area contributed by atoms with E-state index < -0.39 is 0 Å². The molecule has 0 radical (unpaired) electrons. The molecule has 0 aromatic carbocycles. The van der Waals surface area contributed by atoms with Gasteiger partial charge >= 0.3 is 0 Å². The summed E-state index contributed by atoms with van der Waals surface area (Å²) in [5.74, 6) is 0.674. The number of aromatic amines is 2. The molecule has 7 rings (SSSR count). The number of nitrogens with one attached hydrogen (secondary N) is 2. The first-order valence-electron chi connectivity index (χ1n) is 12.1. The molecule has 1 saturated heterocycles. The van der Waals surface area contributed by atoms with Gasteiger partial charge in [-0.3, -0.25) is 29.9 Å². The monoisotopic (exact) mass is 473 g/mol. The zero-order valence-corrected chi connectivity index (χ0v) is 19.5. The van der Waals surface area contributed by atoms with Gasteiger partial charge < -0.3 is 4.98 Å². The highest BCUT2D eigenvalue weighted by molar-refractivity contribution is 5.96. The molecule has 0 atom stereocenters. The van der Waals surface area contributed by atoms with Crippen molar-refractivity contribution in [1.29, 1.82) is 0 Å². The maximum atomic E-state index is 4.89. The van der Waals surface area contributed by atoms with Crippen molar-refractivity contribution in [2.75, 3.05) is 13.1 Å². The van der Waals surface area contributed by atoms with E-state index in [2.05, 4.69) is 52.1 Å². The highest BCUT2D eigenvalue weighted by atomic mass is 15.1. The van der Waals surface area contributed by atoms with Gasteiger partial charge in [-0.25, -0.2) is 4.98 Å². The highest BCUT2D eigenvalue weighted by Gasteiger charge is 2.17. The Kier molecular flexibility index (Phi) is 4.99. The lowest BCUT2D eigenvalue weighted by molar-refractivity contribution is 0.331. The maximum Gasteiger partial charge on any atom is 0.159 e. The Labute approximate surface area is 206 Å². The molecular weight excluding hydrogens is 450 g/mol. The van der Waals surface area contributed by atoms with Gasteiger partial charge in [0.1, 0.15) is 11.2 Å². The lowest BCUT2D eigenvalue weighted by Crippen LogP contribution is -2.18. The van der Waals surface area contributed by atoms with Crippen LogP contribution in [-0.4, -0.2) is 58.1 Å². The van der Waals surface area contributed by atoms with Crippen LogP contribution in [0.4, 0.5) is 0 Å². The second kappa shape index (κ2) is 8.62. The Morgan fingerprint density at radius 2 is 1.75 bits per heavy atom. The molecule has 7 heterocycles. The third-order valence-corrected chi connectivity index (χ3v) is 6.70. The molecule has 1 fully saturated rings. The molecule has 2 N–H and O–H groups in total. The second-order valence-corrected chi connectivity index (χ2v) is 9.14.